The Hall–Kier alpha value is -0.980. The predicted molar refractivity (Wildman–Crippen MR) is 103 cm³/mol. The molecule has 1 aliphatic rings. The number of ether oxygens (including phenoxy) is 1. The number of rotatable bonds is 4. The summed E-state index contributed by atoms with van der Waals surface area (Å²) in [6.07, 6.45) is 2.58. The van der Waals surface area contributed by atoms with Crippen molar-refractivity contribution in [3.8, 4) is 5.75 Å². The maximum Gasteiger partial charge on any atom is 0.193 e. The van der Waals surface area contributed by atoms with E-state index in [9.17, 15) is 0 Å². The fraction of sp³-hybridized carbons (Fsp3) is 0.588. The van der Waals surface area contributed by atoms with Crippen LogP contribution in [0, 0.1) is 12.8 Å². The summed E-state index contributed by atoms with van der Waals surface area (Å²) < 4.78 is 5.73. The average Bonchev–Trinajstić information content (AvgIpc) is 2.49. The van der Waals surface area contributed by atoms with Crippen LogP contribution in [0.1, 0.15) is 25.3 Å². The highest BCUT2D eigenvalue weighted by Gasteiger charge is 2.18. The quantitative estimate of drug-likeness (QED) is 0.354. The molecule has 0 spiro atoms. The molecule has 1 heterocycles. The molecule has 0 saturated carbocycles. The Labute approximate surface area is 151 Å². The van der Waals surface area contributed by atoms with Crippen molar-refractivity contribution in [3.05, 3.63) is 29.8 Å². The van der Waals surface area contributed by atoms with E-state index < -0.39 is 0 Å². The van der Waals surface area contributed by atoms with E-state index >= 15 is 0 Å². The highest BCUT2D eigenvalue weighted by Crippen LogP contribution is 2.15. The summed E-state index contributed by atoms with van der Waals surface area (Å²) in [7, 11) is 1.85. The summed E-state index contributed by atoms with van der Waals surface area (Å²) >= 11 is 0. The number of halogens is 1. The van der Waals surface area contributed by atoms with Crippen molar-refractivity contribution in [2.24, 2.45) is 10.9 Å². The average molecular weight is 417 g/mol. The van der Waals surface area contributed by atoms with Crippen LogP contribution in [-0.4, -0.2) is 44.1 Å². The highest BCUT2D eigenvalue weighted by molar-refractivity contribution is 14.0. The fourth-order valence-electron chi connectivity index (χ4n) is 2.68. The lowest BCUT2D eigenvalue weighted by Gasteiger charge is -2.33. The number of nitrogens with one attached hydrogen (secondary N) is 1. The first-order valence-corrected chi connectivity index (χ1v) is 7.84. The van der Waals surface area contributed by atoms with Gasteiger partial charge in [0.05, 0.1) is 6.54 Å². The zero-order chi connectivity index (χ0) is 15.1. The van der Waals surface area contributed by atoms with Gasteiger partial charge in [-0.15, -0.1) is 24.0 Å². The van der Waals surface area contributed by atoms with Crippen molar-refractivity contribution < 1.29 is 4.74 Å². The number of nitrogens with zero attached hydrogens (tertiary/aromatic N) is 2. The largest absolute Gasteiger partial charge is 0.492 e. The van der Waals surface area contributed by atoms with Crippen LogP contribution in [0.15, 0.2) is 29.3 Å². The third-order valence-corrected chi connectivity index (χ3v) is 3.84. The molecule has 1 unspecified atom stereocenters. The van der Waals surface area contributed by atoms with E-state index in [1.165, 1.54) is 18.4 Å². The number of hydrogen-bond acceptors (Lipinski definition) is 2. The molecule has 1 N–H and O–H groups in total. The zero-order valence-electron chi connectivity index (χ0n) is 13.8. The van der Waals surface area contributed by atoms with Gasteiger partial charge in [0.25, 0.3) is 0 Å². The zero-order valence-corrected chi connectivity index (χ0v) is 16.2. The lowest BCUT2D eigenvalue weighted by molar-refractivity contribution is 0.262. The number of hydrogen-bond donors (Lipinski definition) is 1. The molecule has 1 saturated heterocycles. The van der Waals surface area contributed by atoms with Crippen molar-refractivity contribution in [1.29, 1.82) is 0 Å². The molecule has 0 aromatic heterocycles. The molecule has 0 amide bonds. The number of piperidine rings is 1. The van der Waals surface area contributed by atoms with E-state index in [4.69, 9.17) is 4.74 Å². The fourth-order valence-corrected chi connectivity index (χ4v) is 2.68. The molecule has 0 bridgehead atoms. The van der Waals surface area contributed by atoms with E-state index in [2.05, 4.69) is 41.2 Å². The minimum absolute atomic E-state index is 0. The number of benzene rings is 1. The molecule has 1 aromatic rings. The van der Waals surface area contributed by atoms with Gasteiger partial charge in [0, 0.05) is 20.1 Å². The summed E-state index contributed by atoms with van der Waals surface area (Å²) in [4.78, 5) is 6.73. The molecule has 0 aliphatic carbocycles. The first-order valence-electron chi connectivity index (χ1n) is 7.84. The molecule has 4 nitrogen and oxygen atoms in total. The second-order valence-electron chi connectivity index (χ2n) is 5.83. The van der Waals surface area contributed by atoms with Crippen LogP contribution in [0.2, 0.25) is 0 Å². The summed E-state index contributed by atoms with van der Waals surface area (Å²) in [5, 5.41) is 3.39. The van der Waals surface area contributed by atoms with Crippen LogP contribution in [0.4, 0.5) is 0 Å². The number of aliphatic imine (C=N–C) groups is 1. The molecule has 124 valence electrons. The third kappa shape index (κ3) is 6.02. The van der Waals surface area contributed by atoms with Gasteiger partial charge in [0.15, 0.2) is 5.96 Å². The van der Waals surface area contributed by atoms with Crippen LogP contribution >= 0.6 is 24.0 Å². The first-order chi connectivity index (χ1) is 10.2. The molecule has 1 fully saturated rings. The number of aryl methyl sites for hydroxylation is 1. The van der Waals surface area contributed by atoms with Gasteiger partial charge in [-0.05, 0) is 37.8 Å². The Kier molecular flexibility index (Phi) is 8.60. The van der Waals surface area contributed by atoms with E-state index in [0.29, 0.717) is 6.61 Å². The minimum Gasteiger partial charge on any atom is -0.492 e. The van der Waals surface area contributed by atoms with E-state index in [0.717, 1.165) is 37.3 Å². The molecular weight excluding hydrogens is 389 g/mol. The number of likely N-dealkylation sites (tertiary alicyclic amines) is 1. The Morgan fingerprint density at radius 2 is 2.09 bits per heavy atom. The van der Waals surface area contributed by atoms with Crippen molar-refractivity contribution in [2.45, 2.75) is 26.7 Å². The SMILES string of the molecule is CN=C(NCCOc1ccc(C)cc1)N1CCCC(C)C1.I. The summed E-state index contributed by atoms with van der Waals surface area (Å²) in [5.41, 5.74) is 1.25. The van der Waals surface area contributed by atoms with E-state index in [-0.39, 0.29) is 24.0 Å². The molecule has 1 aromatic carbocycles. The second-order valence-corrected chi connectivity index (χ2v) is 5.83. The van der Waals surface area contributed by atoms with Gasteiger partial charge >= 0.3 is 0 Å². The number of guanidine groups is 1. The van der Waals surface area contributed by atoms with Crippen LogP contribution < -0.4 is 10.1 Å². The Morgan fingerprint density at radius 3 is 2.73 bits per heavy atom. The second kappa shape index (κ2) is 9.92. The van der Waals surface area contributed by atoms with Crippen molar-refractivity contribution in [3.63, 3.8) is 0 Å². The maximum absolute atomic E-state index is 5.73. The van der Waals surface area contributed by atoms with Crippen molar-refractivity contribution >= 4 is 29.9 Å². The Bertz CT molecular complexity index is 461. The first kappa shape index (κ1) is 19.1. The topological polar surface area (TPSA) is 36.9 Å². The Morgan fingerprint density at radius 1 is 1.36 bits per heavy atom. The van der Waals surface area contributed by atoms with Crippen LogP contribution in [-0.2, 0) is 0 Å². The molecule has 0 radical (unpaired) electrons. The maximum atomic E-state index is 5.73. The monoisotopic (exact) mass is 417 g/mol. The summed E-state index contributed by atoms with van der Waals surface area (Å²) in [6, 6.07) is 8.15. The van der Waals surface area contributed by atoms with Gasteiger partial charge in [-0.25, -0.2) is 0 Å². The van der Waals surface area contributed by atoms with E-state index in [1.807, 2.05) is 19.2 Å². The molecule has 5 heteroatoms. The summed E-state index contributed by atoms with van der Waals surface area (Å²) in [6.45, 7) is 7.99. The van der Waals surface area contributed by atoms with Crippen LogP contribution in [0.25, 0.3) is 0 Å². The molecule has 2 rings (SSSR count). The van der Waals surface area contributed by atoms with Crippen LogP contribution in [0.5, 0.6) is 5.75 Å². The lowest BCUT2D eigenvalue weighted by Crippen LogP contribution is -2.47. The minimum atomic E-state index is 0. The predicted octanol–water partition coefficient (Wildman–Crippen LogP) is 3.30. The van der Waals surface area contributed by atoms with Gasteiger partial charge < -0.3 is 15.0 Å². The van der Waals surface area contributed by atoms with Gasteiger partial charge in [-0.2, -0.15) is 0 Å². The molecular formula is C17H28IN3O. The highest BCUT2D eigenvalue weighted by atomic mass is 127. The van der Waals surface area contributed by atoms with Crippen molar-refractivity contribution in [2.75, 3.05) is 33.3 Å². The molecule has 1 atom stereocenters. The van der Waals surface area contributed by atoms with E-state index in [1.54, 1.807) is 0 Å². The van der Waals surface area contributed by atoms with Gasteiger partial charge in [-0.3, -0.25) is 4.99 Å². The lowest BCUT2D eigenvalue weighted by atomic mass is 10.0. The Balaban J connectivity index is 0.00000242. The van der Waals surface area contributed by atoms with Gasteiger partial charge in [0.1, 0.15) is 12.4 Å². The normalized spacial score (nSPS) is 18.6. The van der Waals surface area contributed by atoms with Crippen molar-refractivity contribution in [1.82, 2.24) is 10.2 Å². The molecule has 22 heavy (non-hydrogen) atoms. The smallest absolute Gasteiger partial charge is 0.193 e. The molecule has 1 aliphatic heterocycles. The van der Waals surface area contributed by atoms with Gasteiger partial charge in [0.2, 0.25) is 0 Å². The van der Waals surface area contributed by atoms with Crippen LogP contribution in [0.3, 0.4) is 0 Å². The third-order valence-electron chi connectivity index (χ3n) is 3.84. The van der Waals surface area contributed by atoms with Gasteiger partial charge in [-0.1, -0.05) is 24.6 Å². The standard InChI is InChI=1S/C17H27N3O.HI/c1-14-6-8-16(9-7-14)21-12-10-19-17(18-3)20-11-4-5-15(2)13-20;/h6-9,15H,4-5,10-13H2,1-3H3,(H,18,19);1H. The summed E-state index contributed by atoms with van der Waals surface area (Å²) in [5.74, 6) is 2.67.